The van der Waals surface area contributed by atoms with E-state index >= 15 is 0 Å². The molecule has 1 heterocycles. The maximum atomic E-state index is 11.3. The zero-order chi connectivity index (χ0) is 8.97. The molecule has 0 aromatic carbocycles. The number of hydroxylamine groups is 2. The van der Waals surface area contributed by atoms with Crippen molar-refractivity contribution in [2.75, 3.05) is 26.2 Å². The lowest BCUT2D eigenvalue weighted by Crippen LogP contribution is -2.33. The van der Waals surface area contributed by atoms with Crippen LogP contribution in [-0.4, -0.2) is 37.2 Å². The number of carbonyl (C=O) groups excluding carboxylic acids is 1. The summed E-state index contributed by atoms with van der Waals surface area (Å²) in [5.41, 5.74) is 0. The van der Waals surface area contributed by atoms with Crippen LogP contribution in [0.25, 0.3) is 0 Å². The van der Waals surface area contributed by atoms with Crippen LogP contribution >= 0.6 is 0 Å². The molecule has 1 atom stereocenters. The number of hydrogen-bond donors (Lipinski definition) is 1. The lowest BCUT2D eigenvalue weighted by molar-refractivity contribution is -0.161. The number of amides is 1. The van der Waals surface area contributed by atoms with Gasteiger partial charge in [0, 0.05) is 6.54 Å². The van der Waals surface area contributed by atoms with Gasteiger partial charge in [-0.05, 0) is 6.54 Å². The molecule has 0 radical (unpaired) electrons. The van der Waals surface area contributed by atoms with Crippen molar-refractivity contribution in [1.29, 1.82) is 0 Å². The largest absolute Gasteiger partial charge is 0.315 e. The van der Waals surface area contributed by atoms with Crippen molar-refractivity contribution in [2.24, 2.45) is 5.92 Å². The molecule has 70 valence electrons. The van der Waals surface area contributed by atoms with Crippen LogP contribution < -0.4 is 5.32 Å². The predicted molar refractivity (Wildman–Crippen MR) is 45.4 cm³/mol. The number of rotatable bonds is 4. The van der Waals surface area contributed by atoms with Crippen LogP contribution in [0.5, 0.6) is 0 Å². The molecule has 1 rings (SSSR count). The van der Waals surface area contributed by atoms with E-state index in [1.807, 2.05) is 13.8 Å². The van der Waals surface area contributed by atoms with Gasteiger partial charge in [-0.15, -0.1) is 0 Å². The van der Waals surface area contributed by atoms with Crippen molar-refractivity contribution in [3.05, 3.63) is 0 Å². The molecular formula is C8H16N2O2. The van der Waals surface area contributed by atoms with Crippen molar-refractivity contribution in [1.82, 2.24) is 10.4 Å². The van der Waals surface area contributed by atoms with Gasteiger partial charge in [-0.2, -0.15) is 0 Å². The van der Waals surface area contributed by atoms with E-state index in [1.165, 1.54) is 5.06 Å². The lowest BCUT2D eigenvalue weighted by atomic mass is 10.2. The molecule has 1 N–H and O–H groups in total. The topological polar surface area (TPSA) is 41.6 Å². The summed E-state index contributed by atoms with van der Waals surface area (Å²) < 4.78 is 0. The summed E-state index contributed by atoms with van der Waals surface area (Å²) in [7, 11) is 0. The Morgan fingerprint density at radius 2 is 2.50 bits per heavy atom. The van der Waals surface area contributed by atoms with Gasteiger partial charge in [0.1, 0.15) is 0 Å². The molecule has 0 bridgehead atoms. The summed E-state index contributed by atoms with van der Waals surface area (Å²) >= 11 is 0. The van der Waals surface area contributed by atoms with E-state index in [4.69, 9.17) is 4.84 Å². The second kappa shape index (κ2) is 4.42. The molecule has 1 aliphatic heterocycles. The summed E-state index contributed by atoms with van der Waals surface area (Å²) in [4.78, 5) is 16.4. The maximum Gasteiger partial charge on any atom is 0.251 e. The third-order valence-electron chi connectivity index (χ3n) is 1.89. The first-order valence-electron chi connectivity index (χ1n) is 4.40. The Labute approximate surface area is 72.8 Å². The fourth-order valence-corrected chi connectivity index (χ4v) is 1.11. The van der Waals surface area contributed by atoms with Crippen molar-refractivity contribution in [2.45, 2.75) is 13.8 Å². The summed E-state index contributed by atoms with van der Waals surface area (Å²) in [6.45, 7) is 6.83. The van der Waals surface area contributed by atoms with Crippen LogP contribution in [0.3, 0.4) is 0 Å². The van der Waals surface area contributed by atoms with E-state index in [-0.39, 0.29) is 11.8 Å². The quantitative estimate of drug-likeness (QED) is 0.607. The molecule has 1 aliphatic rings. The van der Waals surface area contributed by atoms with Crippen molar-refractivity contribution in [3.8, 4) is 0 Å². The fourth-order valence-electron chi connectivity index (χ4n) is 1.11. The van der Waals surface area contributed by atoms with E-state index in [2.05, 4.69) is 5.32 Å². The van der Waals surface area contributed by atoms with Gasteiger partial charge in [0.2, 0.25) is 0 Å². The van der Waals surface area contributed by atoms with Crippen LogP contribution in [-0.2, 0) is 9.63 Å². The normalized spacial score (nSPS) is 23.7. The average Bonchev–Trinajstić information content (AvgIpc) is 2.36. The van der Waals surface area contributed by atoms with Gasteiger partial charge < -0.3 is 5.32 Å². The Balaban J connectivity index is 2.20. The highest BCUT2D eigenvalue weighted by Gasteiger charge is 2.28. The fraction of sp³-hybridized carbons (Fsp3) is 0.875. The van der Waals surface area contributed by atoms with Gasteiger partial charge in [0.15, 0.2) is 0 Å². The Morgan fingerprint density at radius 3 is 3.00 bits per heavy atom. The van der Waals surface area contributed by atoms with E-state index in [1.54, 1.807) is 0 Å². The standard InChI is InChI=1S/C8H16N2O2/c1-3-9-4-5-10-8(11)7(2)6-12-10/h7,9H,3-6H2,1-2H3. The summed E-state index contributed by atoms with van der Waals surface area (Å²) in [6, 6.07) is 0. The predicted octanol–water partition coefficient (Wildman–Crippen LogP) is 0.00580. The SMILES string of the molecule is CCNCCN1OCC(C)C1=O. The smallest absolute Gasteiger partial charge is 0.251 e. The highest BCUT2D eigenvalue weighted by molar-refractivity contribution is 5.78. The van der Waals surface area contributed by atoms with Crippen LogP contribution in [0.2, 0.25) is 0 Å². The lowest BCUT2D eigenvalue weighted by Gasteiger charge is -2.13. The van der Waals surface area contributed by atoms with Gasteiger partial charge >= 0.3 is 0 Å². The molecule has 1 fully saturated rings. The van der Waals surface area contributed by atoms with Gasteiger partial charge in [0.05, 0.1) is 19.1 Å². The van der Waals surface area contributed by atoms with E-state index in [0.717, 1.165) is 13.1 Å². The highest BCUT2D eigenvalue weighted by atomic mass is 16.7. The minimum absolute atomic E-state index is 0.0339. The summed E-state index contributed by atoms with van der Waals surface area (Å²) in [5, 5.41) is 4.59. The van der Waals surface area contributed by atoms with Crippen LogP contribution in [0.1, 0.15) is 13.8 Å². The van der Waals surface area contributed by atoms with Gasteiger partial charge in [0.25, 0.3) is 5.91 Å². The van der Waals surface area contributed by atoms with Gasteiger partial charge in [-0.25, -0.2) is 5.06 Å². The third kappa shape index (κ3) is 2.19. The molecule has 4 nitrogen and oxygen atoms in total. The molecule has 4 heteroatoms. The Kier molecular flexibility index (Phi) is 3.49. The molecule has 0 aromatic rings. The minimum Gasteiger partial charge on any atom is -0.315 e. The van der Waals surface area contributed by atoms with E-state index in [9.17, 15) is 4.79 Å². The molecule has 1 amide bonds. The van der Waals surface area contributed by atoms with Crippen molar-refractivity contribution >= 4 is 5.91 Å². The Bertz CT molecular complexity index is 161. The number of carbonyl (C=O) groups is 1. The molecule has 0 aliphatic carbocycles. The van der Waals surface area contributed by atoms with Gasteiger partial charge in [-0.3, -0.25) is 9.63 Å². The first kappa shape index (κ1) is 9.48. The first-order chi connectivity index (χ1) is 5.75. The number of nitrogens with zero attached hydrogens (tertiary/aromatic N) is 1. The Morgan fingerprint density at radius 1 is 1.75 bits per heavy atom. The van der Waals surface area contributed by atoms with Crippen molar-refractivity contribution < 1.29 is 9.63 Å². The summed E-state index contributed by atoms with van der Waals surface area (Å²) in [5.74, 6) is 0.138. The molecule has 1 unspecified atom stereocenters. The van der Waals surface area contributed by atoms with Crippen LogP contribution in [0.4, 0.5) is 0 Å². The van der Waals surface area contributed by atoms with Crippen LogP contribution in [0.15, 0.2) is 0 Å². The maximum absolute atomic E-state index is 11.3. The average molecular weight is 172 g/mol. The molecule has 0 spiro atoms. The monoisotopic (exact) mass is 172 g/mol. The van der Waals surface area contributed by atoms with E-state index < -0.39 is 0 Å². The molecule has 1 saturated heterocycles. The first-order valence-corrected chi connectivity index (χ1v) is 4.40. The number of nitrogens with one attached hydrogen (secondary N) is 1. The Hall–Kier alpha value is -0.610. The third-order valence-corrected chi connectivity index (χ3v) is 1.89. The number of hydrogen-bond acceptors (Lipinski definition) is 3. The zero-order valence-electron chi connectivity index (χ0n) is 7.67. The van der Waals surface area contributed by atoms with Crippen molar-refractivity contribution in [3.63, 3.8) is 0 Å². The second-order valence-corrected chi connectivity index (χ2v) is 2.99. The highest BCUT2D eigenvalue weighted by Crippen LogP contribution is 2.12. The zero-order valence-corrected chi connectivity index (χ0v) is 7.67. The summed E-state index contributed by atoms with van der Waals surface area (Å²) in [6.07, 6.45) is 0. The second-order valence-electron chi connectivity index (χ2n) is 2.99. The van der Waals surface area contributed by atoms with Gasteiger partial charge in [-0.1, -0.05) is 13.8 Å². The molecule has 0 saturated carbocycles. The molecule has 12 heavy (non-hydrogen) atoms. The molecular weight excluding hydrogens is 156 g/mol. The molecule has 0 aromatic heterocycles. The minimum atomic E-state index is 0.0339. The van der Waals surface area contributed by atoms with E-state index in [0.29, 0.717) is 13.2 Å². The van der Waals surface area contributed by atoms with Crippen LogP contribution in [0, 0.1) is 5.92 Å². The number of likely N-dealkylation sites (N-methyl/N-ethyl adjacent to an activating group) is 1.